The highest BCUT2D eigenvalue weighted by Gasteiger charge is 2.12. The molecular formula is C18H24N2O4. The molecule has 1 N–H and O–H groups in total. The summed E-state index contributed by atoms with van der Waals surface area (Å²) in [5, 5.41) is 3.38. The maximum atomic E-state index is 5.54. The summed E-state index contributed by atoms with van der Waals surface area (Å²) >= 11 is 0. The van der Waals surface area contributed by atoms with Crippen molar-refractivity contribution in [2.75, 3.05) is 27.9 Å². The zero-order valence-electron chi connectivity index (χ0n) is 14.6. The van der Waals surface area contributed by atoms with E-state index in [1.54, 1.807) is 27.5 Å². The molecule has 0 radical (unpaired) electrons. The van der Waals surface area contributed by atoms with Crippen LogP contribution >= 0.6 is 0 Å². The number of nitrogens with one attached hydrogen (secondary N) is 1. The lowest BCUT2D eigenvalue weighted by atomic mass is 10.1. The van der Waals surface area contributed by atoms with Crippen molar-refractivity contribution < 1.29 is 18.9 Å². The van der Waals surface area contributed by atoms with Crippen LogP contribution in [0.1, 0.15) is 18.1 Å². The molecule has 0 saturated heterocycles. The van der Waals surface area contributed by atoms with Gasteiger partial charge in [-0.2, -0.15) is 0 Å². The number of nitrogens with zero attached hydrogens (tertiary/aromatic N) is 1. The Hall–Kier alpha value is -2.47. The second-order valence-electron chi connectivity index (χ2n) is 5.02. The van der Waals surface area contributed by atoms with Crippen molar-refractivity contribution >= 4 is 0 Å². The number of hydrogen-bond acceptors (Lipinski definition) is 6. The van der Waals surface area contributed by atoms with Crippen LogP contribution in [0.15, 0.2) is 30.5 Å². The van der Waals surface area contributed by atoms with Gasteiger partial charge in [0.2, 0.25) is 5.88 Å². The van der Waals surface area contributed by atoms with Crippen LogP contribution in [0, 0.1) is 0 Å². The number of benzene rings is 1. The van der Waals surface area contributed by atoms with Crippen LogP contribution in [0.2, 0.25) is 0 Å². The van der Waals surface area contributed by atoms with Crippen LogP contribution in [-0.4, -0.2) is 32.9 Å². The van der Waals surface area contributed by atoms with Gasteiger partial charge in [0, 0.05) is 36.5 Å². The highest BCUT2D eigenvalue weighted by atomic mass is 16.5. The standard InChI is InChI=1S/C18H24N2O4/c1-5-24-18-13(7-6-8-20-18)11-19-12-14-9-16(22-3)17(23-4)10-15(14)21-2/h6-10,19H,5,11-12H2,1-4H3. The predicted molar refractivity (Wildman–Crippen MR) is 92.0 cm³/mol. The molecule has 6 nitrogen and oxygen atoms in total. The highest BCUT2D eigenvalue weighted by molar-refractivity contribution is 5.50. The largest absolute Gasteiger partial charge is 0.496 e. The fourth-order valence-electron chi connectivity index (χ4n) is 2.39. The summed E-state index contributed by atoms with van der Waals surface area (Å²) in [6.45, 7) is 3.79. The summed E-state index contributed by atoms with van der Waals surface area (Å²) in [6, 6.07) is 7.64. The Morgan fingerprint density at radius 3 is 2.25 bits per heavy atom. The van der Waals surface area contributed by atoms with E-state index >= 15 is 0 Å². The van der Waals surface area contributed by atoms with E-state index in [9.17, 15) is 0 Å². The van der Waals surface area contributed by atoms with Gasteiger partial charge >= 0.3 is 0 Å². The van der Waals surface area contributed by atoms with E-state index in [1.165, 1.54) is 0 Å². The van der Waals surface area contributed by atoms with Gasteiger partial charge in [0.05, 0.1) is 27.9 Å². The third kappa shape index (κ3) is 4.29. The first-order valence-electron chi connectivity index (χ1n) is 7.79. The molecule has 0 unspecified atom stereocenters. The Kier molecular flexibility index (Phi) is 6.69. The van der Waals surface area contributed by atoms with E-state index in [0.29, 0.717) is 37.1 Å². The number of methoxy groups -OCH3 is 3. The first-order chi connectivity index (χ1) is 11.7. The van der Waals surface area contributed by atoms with Gasteiger partial charge in [0.1, 0.15) is 5.75 Å². The van der Waals surface area contributed by atoms with E-state index in [-0.39, 0.29) is 0 Å². The average Bonchev–Trinajstić information content (AvgIpc) is 2.62. The molecule has 0 amide bonds. The summed E-state index contributed by atoms with van der Waals surface area (Å²) in [7, 11) is 4.86. The quantitative estimate of drug-likeness (QED) is 0.762. The van der Waals surface area contributed by atoms with E-state index in [1.807, 2.05) is 31.2 Å². The first kappa shape index (κ1) is 17.9. The Morgan fingerprint density at radius 2 is 1.58 bits per heavy atom. The molecule has 0 fully saturated rings. The topological polar surface area (TPSA) is 61.8 Å². The first-order valence-corrected chi connectivity index (χ1v) is 7.79. The van der Waals surface area contributed by atoms with Crippen LogP contribution in [0.4, 0.5) is 0 Å². The minimum absolute atomic E-state index is 0.591. The summed E-state index contributed by atoms with van der Waals surface area (Å²) in [6.07, 6.45) is 1.73. The van der Waals surface area contributed by atoms with Gasteiger partial charge in [-0.05, 0) is 19.1 Å². The van der Waals surface area contributed by atoms with Gasteiger partial charge < -0.3 is 24.3 Å². The summed E-state index contributed by atoms with van der Waals surface area (Å²) in [5.41, 5.74) is 2.00. The van der Waals surface area contributed by atoms with Gasteiger partial charge in [0.25, 0.3) is 0 Å². The van der Waals surface area contributed by atoms with E-state index in [0.717, 1.165) is 16.9 Å². The lowest BCUT2D eigenvalue weighted by molar-refractivity contribution is 0.321. The SMILES string of the molecule is CCOc1ncccc1CNCc1cc(OC)c(OC)cc1OC. The molecule has 0 atom stereocenters. The molecule has 0 bridgehead atoms. The molecule has 1 aromatic carbocycles. The molecule has 0 saturated carbocycles. The van der Waals surface area contributed by atoms with Crippen LogP contribution in [0.3, 0.4) is 0 Å². The minimum atomic E-state index is 0.591. The van der Waals surface area contributed by atoms with E-state index in [4.69, 9.17) is 18.9 Å². The third-order valence-corrected chi connectivity index (χ3v) is 3.55. The Balaban J connectivity index is 2.09. The molecule has 0 aliphatic rings. The van der Waals surface area contributed by atoms with Crippen molar-refractivity contribution in [1.82, 2.24) is 10.3 Å². The van der Waals surface area contributed by atoms with Crippen molar-refractivity contribution in [3.63, 3.8) is 0 Å². The number of hydrogen-bond donors (Lipinski definition) is 1. The minimum Gasteiger partial charge on any atom is -0.496 e. The lowest BCUT2D eigenvalue weighted by Gasteiger charge is -2.15. The number of aromatic nitrogens is 1. The zero-order chi connectivity index (χ0) is 17.4. The van der Waals surface area contributed by atoms with Gasteiger partial charge in [0.15, 0.2) is 11.5 Å². The fourth-order valence-corrected chi connectivity index (χ4v) is 2.39. The maximum absolute atomic E-state index is 5.54. The van der Waals surface area contributed by atoms with Crippen molar-refractivity contribution in [3.05, 3.63) is 41.6 Å². The molecule has 24 heavy (non-hydrogen) atoms. The highest BCUT2D eigenvalue weighted by Crippen LogP contribution is 2.34. The van der Waals surface area contributed by atoms with Crippen LogP contribution < -0.4 is 24.3 Å². The number of ether oxygens (including phenoxy) is 4. The van der Waals surface area contributed by atoms with E-state index in [2.05, 4.69) is 10.3 Å². The van der Waals surface area contributed by atoms with Crippen molar-refractivity contribution in [1.29, 1.82) is 0 Å². The lowest BCUT2D eigenvalue weighted by Crippen LogP contribution is -2.15. The van der Waals surface area contributed by atoms with Crippen molar-refractivity contribution in [2.45, 2.75) is 20.0 Å². The Morgan fingerprint density at radius 1 is 0.917 bits per heavy atom. The average molecular weight is 332 g/mol. The molecular weight excluding hydrogens is 308 g/mol. The van der Waals surface area contributed by atoms with Gasteiger partial charge in [-0.15, -0.1) is 0 Å². The molecule has 2 aromatic rings. The van der Waals surface area contributed by atoms with Crippen LogP contribution in [0.25, 0.3) is 0 Å². The molecule has 0 aliphatic carbocycles. The smallest absolute Gasteiger partial charge is 0.217 e. The molecule has 130 valence electrons. The molecule has 0 spiro atoms. The van der Waals surface area contributed by atoms with Crippen LogP contribution in [-0.2, 0) is 13.1 Å². The van der Waals surface area contributed by atoms with Gasteiger partial charge in [-0.1, -0.05) is 6.07 Å². The molecule has 6 heteroatoms. The Labute approximate surface area is 142 Å². The zero-order valence-corrected chi connectivity index (χ0v) is 14.6. The molecule has 1 heterocycles. The third-order valence-electron chi connectivity index (χ3n) is 3.55. The van der Waals surface area contributed by atoms with E-state index < -0.39 is 0 Å². The summed E-state index contributed by atoms with van der Waals surface area (Å²) in [4.78, 5) is 4.25. The number of pyridine rings is 1. The monoisotopic (exact) mass is 332 g/mol. The molecule has 0 aliphatic heterocycles. The van der Waals surface area contributed by atoms with Crippen molar-refractivity contribution in [3.8, 4) is 23.1 Å². The second kappa shape index (κ2) is 8.98. The summed E-state index contributed by atoms with van der Waals surface area (Å²) < 4.78 is 21.6. The fraction of sp³-hybridized carbons (Fsp3) is 0.389. The van der Waals surface area contributed by atoms with Crippen LogP contribution in [0.5, 0.6) is 23.1 Å². The molecule has 2 rings (SSSR count). The second-order valence-corrected chi connectivity index (χ2v) is 5.02. The number of rotatable bonds is 9. The predicted octanol–water partition coefficient (Wildman–Crippen LogP) is 2.80. The van der Waals surface area contributed by atoms with Crippen molar-refractivity contribution in [2.24, 2.45) is 0 Å². The van der Waals surface area contributed by atoms with Gasteiger partial charge in [-0.3, -0.25) is 0 Å². The summed E-state index contributed by atoms with van der Waals surface area (Å²) in [5.74, 6) is 2.72. The Bertz CT molecular complexity index is 661. The maximum Gasteiger partial charge on any atom is 0.217 e. The van der Waals surface area contributed by atoms with Gasteiger partial charge in [-0.25, -0.2) is 4.98 Å². The molecule has 1 aromatic heterocycles. The normalized spacial score (nSPS) is 10.3.